The van der Waals surface area contributed by atoms with Crippen molar-refractivity contribution in [3.05, 3.63) is 44.5 Å². The van der Waals surface area contributed by atoms with Crippen LogP contribution in [0.3, 0.4) is 0 Å². The maximum atomic E-state index is 11.3. The maximum Gasteiger partial charge on any atom is 0.367 e. The van der Waals surface area contributed by atoms with Crippen LogP contribution in [0.5, 0.6) is 0 Å². The highest BCUT2D eigenvalue weighted by Gasteiger charge is 2.22. The van der Waals surface area contributed by atoms with Gasteiger partial charge in [0.25, 0.3) is 5.69 Å². The van der Waals surface area contributed by atoms with Crippen LogP contribution in [-0.2, 0) is 9.63 Å². The quantitative estimate of drug-likeness (QED) is 0.356. The molecule has 1 aliphatic heterocycles. The average molecular weight is 267 g/mol. The van der Waals surface area contributed by atoms with Gasteiger partial charge in [-0.05, 0) is 24.6 Å². The summed E-state index contributed by atoms with van der Waals surface area (Å²) in [6.07, 6.45) is 1.47. The summed E-state index contributed by atoms with van der Waals surface area (Å²) in [5, 5.41) is 14.3. The van der Waals surface area contributed by atoms with E-state index >= 15 is 0 Å². The summed E-state index contributed by atoms with van der Waals surface area (Å²) >= 11 is 5.69. The smallest absolute Gasteiger partial charge is 0.312 e. The van der Waals surface area contributed by atoms with Crippen molar-refractivity contribution in [3.8, 4) is 0 Å². The fraction of sp³-hybridized carbons (Fsp3) is 0.0909. The Morgan fingerprint density at radius 1 is 1.50 bits per heavy atom. The summed E-state index contributed by atoms with van der Waals surface area (Å²) in [7, 11) is 0. The van der Waals surface area contributed by atoms with Gasteiger partial charge in [-0.25, -0.2) is 4.79 Å². The van der Waals surface area contributed by atoms with Crippen molar-refractivity contribution in [2.24, 2.45) is 5.16 Å². The van der Waals surface area contributed by atoms with Crippen LogP contribution < -0.4 is 0 Å². The molecule has 1 aromatic carbocycles. The summed E-state index contributed by atoms with van der Waals surface area (Å²) in [6.45, 7) is 1.61. The second kappa shape index (κ2) is 4.58. The third kappa shape index (κ3) is 2.23. The van der Waals surface area contributed by atoms with Gasteiger partial charge in [-0.15, -0.1) is 0 Å². The molecule has 1 aliphatic rings. The third-order valence-electron chi connectivity index (χ3n) is 2.35. The molecule has 0 saturated carbocycles. The van der Waals surface area contributed by atoms with E-state index in [1.165, 1.54) is 18.2 Å². The van der Waals surface area contributed by atoms with Crippen LogP contribution in [0.15, 0.2) is 28.9 Å². The number of hydrogen-bond acceptors (Lipinski definition) is 5. The average Bonchev–Trinajstić information content (AvgIpc) is 2.63. The summed E-state index contributed by atoms with van der Waals surface area (Å²) in [5.41, 5.74) is 0.964. The fourth-order valence-corrected chi connectivity index (χ4v) is 1.63. The number of carbonyl (C=O) groups excluding carboxylic acids is 1. The van der Waals surface area contributed by atoms with Gasteiger partial charge < -0.3 is 4.84 Å². The van der Waals surface area contributed by atoms with Crippen LogP contribution in [0, 0.1) is 10.1 Å². The molecule has 18 heavy (non-hydrogen) atoms. The largest absolute Gasteiger partial charge is 0.367 e. The highest BCUT2D eigenvalue weighted by molar-refractivity contribution is 6.32. The van der Waals surface area contributed by atoms with E-state index in [1.807, 2.05) is 0 Å². The predicted molar refractivity (Wildman–Crippen MR) is 65.3 cm³/mol. The van der Waals surface area contributed by atoms with Crippen LogP contribution in [0.25, 0.3) is 6.08 Å². The fourth-order valence-electron chi connectivity index (χ4n) is 1.45. The topological polar surface area (TPSA) is 81.8 Å². The molecule has 0 unspecified atom stereocenters. The number of nitro groups is 1. The number of nitro benzene ring substituents is 1. The first-order chi connectivity index (χ1) is 8.49. The summed E-state index contributed by atoms with van der Waals surface area (Å²) in [4.78, 5) is 25.9. The van der Waals surface area contributed by atoms with Crippen molar-refractivity contribution in [1.29, 1.82) is 0 Å². The van der Waals surface area contributed by atoms with Crippen molar-refractivity contribution in [1.82, 2.24) is 0 Å². The molecule has 0 N–H and O–H groups in total. The van der Waals surface area contributed by atoms with Crippen LogP contribution in [-0.4, -0.2) is 16.6 Å². The van der Waals surface area contributed by atoms with Gasteiger partial charge in [0.2, 0.25) is 0 Å². The summed E-state index contributed by atoms with van der Waals surface area (Å²) in [5.74, 6) is -0.579. The number of rotatable bonds is 2. The van der Waals surface area contributed by atoms with Crippen molar-refractivity contribution in [2.45, 2.75) is 6.92 Å². The molecular weight excluding hydrogens is 260 g/mol. The highest BCUT2D eigenvalue weighted by Crippen LogP contribution is 2.26. The van der Waals surface area contributed by atoms with E-state index in [9.17, 15) is 14.9 Å². The molecule has 1 aromatic rings. The first-order valence-electron chi connectivity index (χ1n) is 4.91. The van der Waals surface area contributed by atoms with E-state index in [4.69, 9.17) is 11.6 Å². The van der Waals surface area contributed by atoms with Gasteiger partial charge in [0.15, 0.2) is 0 Å². The Balaban J connectivity index is 2.44. The zero-order valence-electron chi connectivity index (χ0n) is 9.21. The molecule has 1 heterocycles. The molecule has 0 atom stereocenters. The lowest BCUT2D eigenvalue weighted by molar-refractivity contribution is -0.384. The Kier molecular flexibility index (Phi) is 3.12. The van der Waals surface area contributed by atoms with Crippen LogP contribution in [0.1, 0.15) is 12.5 Å². The van der Waals surface area contributed by atoms with Gasteiger partial charge in [-0.1, -0.05) is 22.8 Å². The molecule has 0 aromatic heterocycles. The van der Waals surface area contributed by atoms with Gasteiger partial charge in [0.1, 0.15) is 5.02 Å². The maximum absolute atomic E-state index is 11.3. The third-order valence-corrected chi connectivity index (χ3v) is 2.67. The molecule has 0 bridgehead atoms. The zero-order valence-corrected chi connectivity index (χ0v) is 9.97. The summed E-state index contributed by atoms with van der Waals surface area (Å²) < 4.78 is 0. The lowest BCUT2D eigenvalue weighted by Gasteiger charge is -1.98. The van der Waals surface area contributed by atoms with E-state index in [1.54, 1.807) is 13.0 Å². The van der Waals surface area contributed by atoms with Crippen molar-refractivity contribution in [2.75, 3.05) is 0 Å². The van der Waals surface area contributed by atoms with E-state index in [2.05, 4.69) is 9.99 Å². The van der Waals surface area contributed by atoms with Gasteiger partial charge >= 0.3 is 5.97 Å². The van der Waals surface area contributed by atoms with Crippen molar-refractivity contribution in [3.63, 3.8) is 0 Å². The predicted octanol–water partition coefficient (Wildman–Crippen LogP) is 2.56. The molecule has 6 nitrogen and oxygen atoms in total. The minimum absolute atomic E-state index is 0.0431. The standard InChI is InChI=1S/C11H7ClN2O4/c1-6-8(11(15)18-13-6)4-7-2-3-9(12)10(5-7)14(16)17/h2-5H,1H3/b8-4-. The monoisotopic (exact) mass is 266 g/mol. The molecule has 2 rings (SSSR count). The first-order valence-corrected chi connectivity index (χ1v) is 5.29. The molecular formula is C11H7ClN2O4. The molecule has 92 valence electrons. The molecule has 0 spiro atoms. The van der Waals surface area contributed by atoms with Crippen LogP contribution >= 0.6 is 11.6 Å². The minimum atomic E-state index is -0.585. The highest BCUT2D eigenvalue weighted by atomic mass is 35.5. The molecule has 0 aliphatic carbocycles. The molecule has 0 fully saturated rings. The Hall–Kier alpha value is -2.21. The normalized spacial score (nSPS) is 16.7. The Labute approximate surface area is 107 Å². The Morgan fingerprint density at radius 3 is 2.78 bits per heavy atom. The van der Waals surface area contributed by atoms with E-state index in [0.717, 1.165) is 0 Å². The van der Waals surface area contributed by atoms with E-state index < -0.39 is 10.9 Å². The number of carbonyl (C=O) groups is 1. The first kappa shape index (κ1) is 12.3. The molecule has 7 heteroatoms. The number of nitrogens with zero attached hydrogens (tertiary/aromatic N) is 2. The molecule has 0 saturated heterocycles. The van der Waals surface area contributed by atoms with Crippen molar-refractivity contribution >= 4 is 35.0 Å². The minimum Gasteiger partial charge on any atom is -0.312 e. The lowest BCUT2D eigenvalue weighted by Crippen LogP contribution is -2.01. The molecule has 0 amide bonds. The number of halogens is 1. The van der Waals surface area contributed by atoms with Gasteiger partial charge in [0, 0.05) is 6.07 Å². The Morgan fingerprint density at radius 2 is 2.22 bits per heavy atom. The molecule has 0 radical (unpaired) electrons. The van der Waals surface area contributed by atoms with Crippen LogP contribution in [0.2, 0.25) is 5.02 Å². The second-order valence-electron chi connectivity index (χ2n) is 3.58. The number of benzene rings is 1. The zero-order chi connectivity index (χ0) is 13.3. The van der Waals surface area contributed by atoms with Gasteiger partial charge in [0.05, 0.1) is 16.2 Å². The Bertz CT molecular complexity index is 607. The summed E-state index contributed by atoms with van der Waals surface area (Å²) in [6, 6.07) is 4.26. The lowest BCUT2D eigenvalue weighted by atomic mass is 10.1. The SMILES string of the molecule is CC1=NOC(=O)/C1=C\c1ccc(Cl)c([N+](=O)[O-])c1. The van der Waals surface area contributed by atoms with E-state index in [0.29, 0.717) is 11.3 Å². The number of hydrogen-bond donors (Lipinski definition) is 0. The van der Waals surface area contributed by atoms with Gasteiger partial charge in [-0.2, -0.15) is 0 Å². The second-order valence-corrected chi connectivity index (χ2v) is 3.99. The van der Waals surface area contributed by atoms with Gasteiger partial charge in [-0.3, -0.25) is 10.1 Å². The number of oxime groups is 1. The van der Waals surface area contributed by atoms with E-state index in [-0.39, 0.29) is 16.3 Å². The van der Waals surface area contributed by atoms with Crippen LogP contribution in [0.4, 0.5) is 5.69 Å². The van der Waals surface area contributed by atoms with Crippen molar-refractivity contribution < 1.29 is 14.6 Å².